The van der Waals surface area contributed by atoms with E-state index in [2.05, 4.69) is 15.9 Å². The zero-order chi connectivity index (χ0) is 15.6. The minimum Gasteiger partial charge on any atom is -0.311 e. The van der Waals surface area contributed by atoms with E-state index in [9.17, 15) is 14.9 Å². The number of nitrogens with zero attached hydrogens (tertiary/aromatic N) is 2. The number of hydrogen-bond donors (Lipinski definition) is 0. The molecule has 0 atom stereocenters. The van der Waals surface area contributed by atoms with E-state index in [0.717, 1.165) is 10.0 Å². The first-order valence-corrected chi connectivity index (χ1v) is 6.98. The monoisotopic (exact) mass is 348 g/mol. The Hall–Kier alpha value is -2.21. The third-order valence-corrected chi connectivity index (χ3v) is 4.03. The van der Waals surface area contributed by atoms with Crippen LogP contribution in [0.3, 0.4) is 0 Å². The molecule has 0 heterocycles. The van der Waals surface area contributed by atoms with Crippen LogP contribution in [0, 0.1) is 17.0 Å². The summed E-state index contributed by atoms with van der Waals surface area (Å²) >= 11 is 3.40. The molecule has 0 saturated carbocycles. The third-order valence-electron chi connectivity index (χ3n) is 3.17. The molecule has 1 amide bonds. The maximum Gasteiger partial charge on any atom is 0.269 e. The molecular formula is C15H13BrN2O3. The topological polar surface area (TPSA) is 63.5 Å². The lowest BCUT2D eigenvalue weighted by atomic mass is 10.1. The van der Waals surface area contributed by atoms with Gasteiger partial charge in [-0.1, -0.05) is 22.0 Å². The fourth-order valence-corrected chi connectivity index (χ4v) is 2.21. The fourth-order valence-electron chi connectivity index (χ4n) is 1.83. The molecule has 5 nitrogen and oxygen atoms in total. The van der Waals surface area contributed by atoms with Gasteiger partial charge in [-0.25, -0.2) is 0 Å². The Morgan fingerprint density at radius 2 is 1.81 bits per heavy atom. The molecule has 0 saturated heterocycles. The number of halogens is 1. The van der Waals surface area contributed by atoms with Crippen molar-refractivity contribution in [1.29, 1.82) is 0 Å². The second-order valence-electron chi connectivity index (χ2n) is 4.60. The Morgan fingerprint density at radius 1 is 1.19 bits per heavy atom. The third kappa shape index (κ3) is 3.28. The van der Waals surface area contributed by atoms with Crippen molar-refractivity contribution in [2.75, 3.05) is 11.9 Å². The van der Waals surface area contributed by atoms with Crippen molar-refractivity contribution in [2.45, 2.75) is 6.92 Å². The number of nitro benzene ring substituents is 1. The molecule has 0 aliphatic carbocycles. The molecule has 6 heteroatoms. The molecule has 2 rings (SSSR count). The molecule has 2 aromatic carbocycles. The van der Waals surface area contributed by atoms with Gasteiger partial charge in [0.25, 0.3) is 11.6 Å². The van der Waals surface area contributed by atoms with Gasteiger partial charge < -0.3 is 4.90 Å². The highest BCUT2D eigenvalue weighted by molar-refractivity contribution is 9.10. The van der Waals surface area contributed by atoms with Crippen LogP contribution in [0.15, 0.2) is 46.9 Å². The number of amides is 1. The first kappa shape index (κ1) is 15.2. The van der Waals surface area contributed by atoms with Crippen molar-refractivity contribution >= 4 is 33.2 Å². The van der Waals surface area contributed by atoms with Gasteiger partial charge in [-0.15, -0.1) is 0 Å². The van der Waals surface area contributed by atoms with Crippen molar-refractivity contribution in [3.05, 3.63) is 68.2 Å². The number of non-ortho nitro benzene ring substituents is 1. The minimum atomic E-state index is -0.470. The van der Waals surface area contributed by atoms with Crippen molar-refractivity contribution in [2.24, 2.45) is 0 Å². The molecular weight excluding hydrogens is 336 g/mol. The van der Waals surface area contributed by atoms with Crippen LogP contribution in [0.4, 0.5) is 11.4 Å². The van der Waals surface area contributed by atoms with Crippen LogP contribution in [0.5, 0.6) is 0 Å². The van der Waals surface area contributed by atoms with E-state index in [-0.39, 0.29) is 11.6 Å². The second-order valence-corrected chi connectivity index (χ2v) is 5.46. The van der Waals surface area contributed by atoms with E-state index in [1.54, 1.807) is 31.3 Å². The predicted octanol–water partition coefficient (Wildman–Crippen LogP) is 3.94. The highest BCUT2D eigenvalue weighted by atomic mass is 79.9. The zero-order valence-corrected chi connectivity index (χ0v) is 13.1. The molecule has 0 N–H and O–H groups in total. The average Bonchev–Trinajstić information content (AvgIpc) is 2.48. The van der Waals surface area contributed by atoms with Gasteiger partial charge in [-0.05, 0) is 36.8 Å². The van der Waals surface area contributed by atoms with Gasteiger partial charge in [-0.3, -0.25) is 14.9 Å². The summed E-state index contributed by atoms with van der Waals surface area (Å²) in [6, 6.07) is 11.2. The van der Waals surface area contributed by atoms with E-state index in [1.807, 2.05) is 13.0 Å². The van der Waals surface area contributed by atoms with Crippen LogP contribution in [0.25, 0.3) is 0 Å². The second kappa shape index (κ2) is 6.05. The highest BCUT2D eigenvalue weighted by Gasteiger charge is 2.15. The largest absolute Gasteiger partial charge is 0.311 e. The normalized spacial score (nSPS) is 10.2. The Morgan fingerprint density at radius 3 is 2.33 bits per heavy atom. The summed E-state index contributed by atoms with van der Waals surface area (Å²) in [5.41, 5.74) is 2.19. The van der Waals surface area contributed by atoms with E-state index in [0.29, 0.717) is 11.3 Å². The van der Waals surface area contributed by atoms with Crippen molar-refractivity contribution < 1.29 is 9.72 Å². The molecule has 0 radical (unpaired) electrons. The van der Waals surface area contributed by atoms with Crippen molar-refractivity contribution in [3.63, 3.8) is 0 Å². The number of aryl methyl sites for hydroxylation is 1. The number of nitro groups is 1. The summed E-state index contributed by atoms with van der Waals surface area (Å²) in [5, 5.41) is 10.6. The lowest BCUT2D eigenvalue weighted by Crippen LogP contribution is -2.26. The van der Waals surface area contributed by atoms with Crippen LogP contribution >= 0.6 is 15.9 Å². The van der Waals surface area contributed by atoms with Gasteiger partial charge in [0.1, 0.15) is 0 Å². The number of carbonyl (C=O) groups is 1. The van der Waals surface area contributed by atoms with Crippen LogP contribution < -0.4 is 4.90 Å². The first-order chi connectivity index (χ1) is 9.90. The SMILES string of the molecule is Cc1ccc(C(=O)N(C)c2ccc([N+](=O)[O-])cc2)cc1Br. The molecule has 0 aliphatic heterocycles. The minimum absolute atomic E-state index is 0.00215. The van der Waals surface area contributed by atoms with Gasteiger partial charge in [0.2, 0.25) is 0 Å². The summed E-state index contributed by atoms with van der Waals surface area (Å²) in [5.74, 6) is -0.176. The van der Waals surface area contributed by atoms with Gasteiger partial charge >= 0.3 is 0 Å². The van der Waals surface area contributed by atoms with Crippen LogP contribution in [0.1, 0.15) is 15.9 Å². The molecule has 0 spiro atoms. The van der Waals surface area contributed by atoms with Gasteiger partial charge in [0.15, 0.2) is 0 Å². The van der Waals surface area contributed by atoms with Crippen LogP contribution in [-0.4, -0.2) is 17.9 Å². The Balaban J connectivity index is 2.25. The van der Waals surface area contributed by atoms with Crippen LogP contribution in [-0.2, 0) is 0 Å². The maximum atomic E-state index is 12.4. The molecule has 0 bridgehead atoms. The standard InChI is InChI=1S/C15H13BrN2O3/c1-10-3-4-11(9-14(10)16)15(19)17(2)12-5-7-13(8-6-12)18(20)21/h3-9H,1-2H3. The molecule has 0 aromatic heterocycles. The molecule has 21 heavy (non-hydrogen) atoms. The first-order valence-electron chi connectivity index (χ1n) is 6.19. The fraction of sp³-hybridized carbons (Fsp3) is 0.133. The number of carbonyl (C=O) groups excluding carboxylic acids is 1. The van der Waals surface area contributed by atoms with E-state index >= 15 is 0 Å². The quantitative estimate of drug-likeness (QED) is 0.623. The summed E-state index contributed by atoms with van der Waals surface area (Å²) in [4.78, 5) is 24.0. The lowest BCUT2D eigenvalue weighted by Gasteiger charge is -2.17. The number of hydrogen-bond acceptors (Lipinski definition) is 3. The van der Waals surface area contributed by atoms with E-state index in [1.165, 1.54) is 17.0 Å². The smallest absolute Gasteiger partial charge is 0.269 e. The summed E-state index contributed by atoms with van der Waals surface area (Å²) in [6.45, 7) is 1.94. The van der Waals surface area contributed by atoms with Crippen molar-refractivity contribution in [1.82, 2.24) is 0 Å². The average molecular weight is 349 g/mol. The summed E-state index contributed by atoms with van der Waals surface area (Å²) < 4.78 is 0.866. The van der Waals surface area contributed by atoms with Crippen LogP contribution in [0.2, 0.25) is 0 Å². The maximum absolute atomic E-state index is 12.4. The number of rotatable bonds is 3. The lowest BCUT2D eigenvalue weighted by molar-refractivity contribution is -0.384. The van der Waals surface area contributed by atoms with Gasteiger partial charge in [0, 0.05) is 34.9 Å². The van der Waals surface area contributed by atoms with Gasteiger partial charge in [-0.2, -0.15) is 0 Å². The van der Waals surface area contributed by atoms with Crippen molar-refractivity contribution in [3.8, 4) is 0 Å². The predicted molar refractivity (Wildman–Crippen MR) is 84.7 cm³/mol. The Labute approximate surface area is 130 Å². The summed E-state index contributed by atoms with van der Waals surface area (Å²) in [7, 11) is 1.64. The summed E-state index contributed by atoms with van der Waals surface area (Å²) in [6.07, 6.45) is 0. The number of anilines is 1. The molecule has 2 aromatic rings. The van der Waals surface area contributed by atoms with E-state index < -0.39 is 4.92 Å². The zero-order valence-electron chi connectivity index (χ0n) is 11.5. The Kier molecular flexibility index (Phi) is 4.37. The molecule has 108 valence electrons. The molecule has 0 fully saturated rings. The molecule has 0 unspecified atom stereocenters. The molecule has 0 aliphatic rings. The van der Waals surface area contributed by atoms with Gasteiger partial charge in [0.05, 0.1) is 4.92 Å². The van der Waals surface area contributed by atoms with E-state index in [4.69, 9.17) is 0 Å². The number of benzene rings is 2. The Bertz CT molecular complexity index is 699. The highest BCUT2D eigenvalue weighted by Crippen LogP contribution is 2.22.